The van der Waals surface area contributed by atoms with Crippen molar-refractivity contribution in [2.24, 2.45) is 0 Å². The third kappa shape index (κ3) is 30.5. The van der Waals surface area contributed by atoms with Gasteiger partial charge in [0.2, 0.25) is 11.8 Å². The summed E-state index contributed by atoms with van der Waals surface area (Å²) in [6.07, 6.45) is 4.20. The Bertz CT molecular complexity index is 825. The maximum Gasteiger partial charge on any atom is 0.204 e. The number of piperidine rings is 1. The number of amides is 3. The molecular weight excluding hydrogens is 1560 g/mol. The molecule has 285 valence electrons. The van der Waals surface area contributed by atoms with Crippen molar-refractivity contribution >= 4 is 17.7 Å². The summed E-state index contributed by atoms with van der Waals surface area (Å²) in [5.74, 6) is 0.193. The molecule has 0 aromatic rings. The summed E-state index contributed by atoms with van der Waals surface area (Å²) in [5.41, 5.74) is 0. The van der Waals surface area contributed by atoms with Crippen LogP contribution in [0.1, 0.15) is 53.9 Å². The molecule has 7 unspecified atom stereocenters. The second-order valence-corrected chi connectivity index (χ2v) is 11.7. The molecule has 5 fully saturated rings. The number of likely N-dealkylation sites (N-methyl/N-ethyl adjacent to an activating group) is 2. The van der Waals surface area contributed by atoms with E-state index in [9.17, 15) is 14.4 Å². The van der Waals surface area contributed by atoms with Gasteiger partial charge in [-0.1, -0.05) is 40.3 Å². The first-order valence-corrected chi connectivity index (χ1v) is 15.4. The van der Waals surface area contributed by atoms with Crippen LogP contribution < -0.4 is 5.32 Å². The Morgan fingerprint density at radius 2 is 1.31 bits per heavy atom. The molecule has 5 saturated heterocycles. The average Bonchev–Trinajstić information content (AvgIpc) is 3.40. The number of methoxy groups -OCH3 is 2. The Labute approximate surface area is 393 Å². The van der Waals surface area contributed by atoms with Crippen LogP contribution in [0.25, 0.3) is 26.6 Å². The van der Waals surface area contributed by atoms with E-state index in [1.807, 2.05) is 34.9 Å². The van der Waals surface area contributed by atoms with E-state index in [0.717, 1.165) is 52.0 Å². The predicted octanol–water partition coefficient (Wildman–Crippen LogP) is 3.19. The number of rotatable bonds is 2. The van der Waals surface area contributed by atoms with Crippen molar-refractivity contribution in [1.29, 1.82) is 0 Å². The van der Waals surface area contributed by atoms with Crippen LogP contribution in [-0.2, 0) is 162 Å². The number of hydrogen-bond donors (Lipinski definition) is 1. The zero-order valence-electron chi connectivity index (χ0n) is 30.5. The van der Waals surface area contributed by atoms with Gasteiger partial charge in [0.05, 0.1) is 12.0 Å². The summed E-state index contributed by atoms with van der Waals surface area (Å²) >= 11 is 0. The molecule has 0 aliphatic carbocycles. The topological polar surface area (TPSA) is 159 Å². The van der Waals surface area contributed by atoms with Gasteiger partial charge in [-0.2, -0.15) is 0 Å². The third-order valence-electron chi connectivity index (χ3n) is 7.44. The van der Waals surface area contributed by atoms with Gasteiger partial charge in [0.15, 0.2) is 0 Å². The van der Waals surface area contributed by atoms with Crippen molar-refractivity contribution < 1.29 is 162 Å². The molecular formula is C30H56N8O5W5Y-6. The standard InChI is InChI=1S/C7H14NO.2C6H11N2O.C6H12NO.C5H8N2O.5W.Y/c1-6-5-7(9-2)3-4-8-6;1-5-4-8(2)6(9)3-7-5;1-5-6(9)8(2)4-3-7-5;1-5-3-6(8-2)4-7-5;1-4-2-6-3-5(8)7-4;;;;;;/h6-7H,3-5H2,1-2H3;2*5H,3-4H2,1-2H3;5-6H,3-4H2,1-2H3;3-4H,2H2,1H3,(H,7,8);;;;;;/q4*-1;-2;;;;;;. The van der Waals surface area contributed by atoms with Crippen molar-refractivity contribution in [1.82, 2.24) is 15.1 Å². The van der Waals surface area contributed by atoms with E-state index in [-0.39, 0.29) is 168 Å². The molecule has 1 radical (unpaired) electrons. The number of carbonyl (C=O) groups is 3. The summed E-state index contributed by atoms with van der Waals surface area (Å²) in [4.78, 5) is 35.6. The summed E-state index contributed by atoms with van der Waals surface area (Å²) in [7, 11) is 7.15. The maximum atomic E-state index is 11.0. The SMILES string of the molecule is CC1CN(C)C(=O)C[N-]1.CC1C[N-][CH-]C(=O)N1.CC1[N-]CCN(C)C1=O.COC1CC[N-]C(C)C1.COC1C[N-]C(C)C1.[W].[W].[W].[W].[W].[Y]. The molecule has 3 amide bonds. The van der Waals surface area contributed by atoms with Gasteiger partial charge in [-0.25, -0.2) is 0 Å². The molecule has 5 aliphatic rings. The molecule has 0 aromatic heterocycles. The van der Waals surface area contributed by atoms with Gasteiger partial charge in [0.25, 0.3) is 0 Å². The fraction of sp³-hybridized carbons (Fsp3) is 0.867. The Balaban J connectivity index is -0.000000115. The number of carbonyl (C=O) groups excluding carboxylic acids is 3. The summed E-state index contributed by atoms with van der Waals surface area (Å²) in [6, 6.07) is 1.48. The van der Waals surface area contributed by atoms with Gasteiger partial charge >= 0.3 is 0 Å². The molecule has 5 aliphatic heterocycles. The molecule has 0 spiro atoms. The molecule has 5 rings (SSSR count). The quantitative estimate of drug-likeness (QED) is 0.421. The zero-order valence-corrected chi connectivity index (χ0v) is 48.0. The van der Waals surface area contributed by atoms with Crippen molar-refractivity contribution in [3.8, 4) is 0 Å². The molecule has 7 atom stereocenters. The van der Waals surface area contributed by atoms with Gasteiger partial charge in [0, 0.05) is 192 Å². The van der Waals surface area contributed by atoms with E-state index in [1.165, 1.54) is 6.54 Å². The van der Waals surface area contributed by atoms with E-state index in [1.54, 1.807) is 24.0 Å². The normalized spacial score (nSPS) is 28.3. The molecule has 0 aromatic carbocycles. The first-order valence-electron chi connectivity index (χ1n) is 15.4. The Morgan fingerprint density at radius 1 is 0.735 bits per heavy atom. The minimum atomic E-state index is -0.108. The van der Waals surface area contributed by atoms with Crippen molar-refractivity contribution in [3.05, 3.63) is 33.1 Å². The smallest absolute Gasteiger partial charge is 0.204 e. The second-order valence-electron chi connectivity index (χ2n) is 11.7. The maximum absolute atomic E-state index is 11.0. The number of nitrogens with one attached hydrogen (secondary N) is 1. The Morgan fingerprint density at radius 3 is 1.65 bits per heavy atom. The van der Waals surface area contributed by atoms with E-state index in [4.69, 9.17) is 9.47 Å². The minimum Gasteiger partial charge on any atom is -0.810 e. The van der Waals surface area contributed by atoms with Crippen LogP contribution in [0.2, 0.25) is 0 Å². The van der Waals surface area contributed by atoms with Crippen LogP contribution in [0, 0.1) is 6.54 Å². The zero-order chi connectivity index (χ0) is 32.4. The van der Waals surface area contributed by atoms with Crippen LogP contribution >= 0.6 is 0 Å². The van der Waals surface area contributed by atoms with E-state index in [2.05, 4.69) is 45.7 Å². The Kier molecular flexibility index (Phi) is 48.5. The molecule has 19 heteroatoms. The minimum absolute atomic E-state index is 0. The van der Waals surface area contributed by atoms with Crippen LogP contribution in [-0.4, -0.2) is 144 Å². The van der Waals surface area contributed by atoms with E-state index in [0.29, 0.717) is 43.4 Å². The summed E-state index contributed by atoms with van der Waals surface area (Å²) in [6.45, 7) is 16.7. The van der Waals surface area contributed by atoms with Crippen LogP contribution in [0.15, 0.2) is 0 Å². The van der Waals surface area contributed by atoms with Gasteiger partial charge in [0.1, 0.15) is 0 Å². The Hall–Kier alpha value is 2.55. The summed E-state index contributed by atoms with van der Waals surface area (Å²) < 4.78 is 10.3. The van der Waals surface area contributed by atoms with Crippen LogP contribution in [0.4, 0.5) is 0 Å². The van der Waals surface area contributed by atoms with E-state index >= 15 is 0 Å². The largest absolute Gasteiger partial charge is 0.810 e. The van der Waals surface area contributed by atoms with Gasteiger partial charge in [-0.05, 0) is 26.2 Å². The molecule has 13 nitrogen and oxygen atoms in total. The molecule has 0 bridgehead atoms. The number of piperazine rings is 3. The molecule has 0 saturated carbocycles. The third-order valence-corrected chi connectivity index (χ3v) is 7.44. The number of nitrogens with zero attached hydrogens (tertiary/aromatic N) is 7. The van der Waals surface area contributed by atoms with Crippen molar-refractivity contribution in [3.63, 3.8) is 0 Å². The first-order chi connectivity index (χ1) is 20.4. The molecule has 49 heavy (non-hydrogen) atoms. The average molecular weight is 1620 g/mol. The number of hydrogen-bond acceptors (Lipinski definition) is 5. The monoisotopic (exact) mass is 1620 g/mol. The van der Waals surface area contributed by atoms with Gasteiger partial charge < -0.3 is 62.5 Å². The fourth-order valence-corrected chi connectivity index (χ4v) is 4.66. The summed E-state index contributed by atoms with van der Waals surface area (Å²) in [5, 5.41) is 23.2. The first kappa shape index (κ1) is 63.5. The fourth-order valence-electron chi connectivity index (χ4n) is 4.66. The number of ether oxygens (including phenoxy) is 2. The van der Waals surface area contributed by atoms with Crippen LogP contribution in [0.5, 0.6) is 0 Å². The van der Waals surface area contributed by atoms with E-state index < -0.39 is 0 Å². The van der Waals surface area contributed by atoms with Gasteiger partial charge in [-0.15, -0.1) is 44.3 Å². The van der Waals surface area contributed by atoms with Gasteiger partial charge in [-0.3, -0.25) is 9.59 Å². The van der Waals surface area contributed by atoms with Crippen molar-refractivity contribution in [2.75, 3.05) is 74.1 Å². The molecule has 5 heterocycles. The predicted molar refractivity (Wildman–Crippen MR) is 172 cm³/mol. The second kappa shape index (κ2) is 37.5. The van der Waals surface area contributed by atoms with Crippen LogP contribution in [0.3, 0.4) is 0 Å². The molecule has 1 N–H and O–H groups in total. The van der Waals surface area contributed by atoms with Crippen molar-refractivity contribution in [2.45, 2.75) is 96.3 Å².